The number of likely N-dealkylation sites (tertiary alicyclic amines) is 1. The smallest absolute Gasteiger partial charge is 0.256 e. The van der Waals surface area contributed by atoms with E-state index in [1.807, 2.05) is 13.8 Å². The summed E-state index contributed by atoms with van der Waals surface area (Å²) >= 11 is 0. The minimum absolute atomic E-state index is 0.145. The van der Waals surface area contributed by atoms with Crippen LogP contribution in [0.1, 0.15) is 37.0 Å². The molecule has 0 aliphatic carbocycles. The van der Waals surface area contributed by atoms with Crippen molar-refractivity contribution in [3.05, 3.63) is 29.6 Å². The van der Waals surface area contributed by atoms with Crippen LogP contribution in [0, 0.1) is 5.82 Å². The number of carbonyl (C=O) groups is 1. The molecule has 4 nitrogen and oxygen atoms in total. The van der Waals surface area contributed by atoms with Crippen LogP contribution < -0.4 is 5.32 Å². The van der Waals surface area contributed by atoms with Crippen LogP contribution in [0.15, 0.2) is 18.2 Å². The van der Waals surface area contributed by atoms with Crippen LogP contribution in [0.4, 0.5) is 10.1 Å². The molecule has 1 heterocycles. The zero-order valence-corrected chi connectivity index (χ0v) is 12.9. The van der Waals surface area contributed by atoms with Crippen molar-refractivity contribution < 1.29 is 13.9 Å². The van der Waals surface area contributed by atoms with Gasteiger partial charge in [0, 0.05) is 26.7 Å². The van der Waals surface area contributed by atoms with Gasteiger partial charge in [0.15, 0.2) is 0 Å². The third kappa shape index (κ3) is 3.35. The van der Waals surface area contributed by atoms with Gasteiger partial charge >= 0.3 is 0 Å². The fraction of sp³-hybridized carbons (Fsp3) is 0.562. The Bertz CT molecular complexity index is 521. The fourth-order valence-electron chi connectivity index (χ4n) is 2.77. The van der Waals surface area contributed by atoms with Crippen molar-refractivity contribution in [2.45, 2.75) is 32.3 Å². The number of para-hydroxylation sites is 1. The van der Waals surface area contributed by atoms with Crippen molar-refractivity contribution in [1.82, 2.24) is 4.90 Å². The zero-order chi connectivity index (χ0) is 15.5. The summed E-state index contributed by atoms with van der Waals surface area (Å²) in [6.07, 6.45) is 1.82. The first kappa shape index (κ1) is 15.8. The van der Waals surface area contributed by atoms with Crippen LogP contribution in [0.25, 0.3) is 0 Å². The number of halogens is 1. The van der Waals surface area contributed by atoms with Crippen molar-refractivity contribution in [2.75, 3.05) is 32.1 Å². The molecule has 2 rings (SSSR count). The van der Waals surface area contributed by atoms with E-state index in [0.717, 1.165) is 12.8 Å². The van der Waals surface area contributed by atoms with Gasteiger partial charge in [0.05, 0.1) is 16.9 Å². The highest BCUT2D eigenvalue weighted by molar-refractivity contribution is 5.99. The third-order valence-corrected chi connectivity index (χ3v) is 4.04. The molecule has 1 atom stereocenters. The maximum absolute atomic E-state index is 13.9. The maximum atomic E-state index is 13.9. The minimum atomic E-state index is -0.394. The second-order valence-corrected chi connectivity index (χ2v) is 5.68. The highest BCUT2D eigenvalue weighted by atomic mass is 19.1. The number of ether oxygens (including phenoxy) is 1. The molecule has 1 aromatic carbocycles. The monoisotopic (exact) mass is 294 g/mol. The largest absolute Gasteiger partial charge is 0.382 e. The lowest BCUT2D eigenvalue weighted by atomic mass is 9.94. The van der Waals surface area contributed by atoms with Gasteiger partial charge in [-0.1, -0.05) is 6.07 Å². The number of hydrogen-bond donors (Lipinski definition) is 1. The van der Waals surface area contributed by atoms with Crippen LogP contribution in [0.2, 0.25) is 0 Å². The molecule has 1 fully saturated rings. The second-order valence-electron chi connectivity index (χ2n) is 5.68. The van der Waals surface area contributed by atoms with Gasteiger partial charge in [-0.05, 0) is 38.8 Å². The Balaban J connectivity index is 2.26. The van der Waals surface area contributed by atoms with Gasteiger partial charge in [-0.2, -0.15) is 0 Å². The molecule has 1 aliphatic heterocycles. The Labute approximate surface area is 125 Å². The number of rotatable bonds is 4. The number of carbonyl (C=O) groups excluding carboxylic acids is 1. The van der Waals surface area contributed by atoms with Gasteiger partial charge in [0.1, 0.15) is 5.82 Å². The first-order valence-corrected chi connectivity index (χ1v) is 7.37. The number of hydrogen-bond acceptors (Lipinski definition) is 3. The Morgan fingerprint density at radius 2 is 2.29 bits per heavy atom. The van der Waals surface area contributed by atoms with E-state index in [2.05, 4.69) is 5.32 Å². The quantitative estimate of drug-likeness (QED) is 0.928. The minimum Gasteiger partial charge on any atom is -0.382 e. The predicted octanol–water partition coefficient (Wildman–Crippen LogP) is 2.90. The van der Waals surface area contributed by atoms with Gasteiger partial charge < -0.3 is 15.0 Å². The number of piperidine rings is 1. The van der Waals surface area contributed by atoms with Crippen molar-refractivity contribution in [1.29, 1.82) is 0 Å². The lowest BCUT2D eigenvalue weighted by Crippen LogP contribution is -2.49. The summed E-state index contributed by atoms with van der Waals surface area (Å²) in [6, 6.07) is 4.61. The van der Waals surface area contributed by atoms with Gasteiger partial charge in [-0.25, -0.2) is 4.39 Å². The molecule has 0 aromatic heterocycles. The highest BCUT2D eigenvalue weighted by Gasteiger charge is 2.34. The highest BCUT2D eigenvalue weighted by Crippen LogP contribution is 2.27. The average Bonchev–Trinajstić information content (AvgIpc) is 2.49. The van der Waals surface area contributed by atoms with Gasteiger partial charge in [0.25, 0.3) is 5.91 Å². The van der Waals surface area contributed by atoms with Crippen LogP contribution in [-0.4, -0.2) is 43.2 Å². The number of benzene rings is 1. The van der Waals surface area contributed by atoms with E-state index in [4.69, 9.17) is 4.74 Å². The van der Waals surface area contributed by atoms with Crippen LogP contribution in [-0.2, 0) is 4.74 Å². The lowest BCUT2D eigenvalue weighted by Gasteiger charge is -2.39. The number of nitrogens with one attached hydrogen (secondary N) is 1. The summed E-state index contributed by atoms with van der Waals surface area (Å²) < 4.78 is 19.4. The predicted molar refractivity (Wildman–Crippen MR) is 81.1 cm³/mol. The van der Waals surface area contributed by atoms with Crippen molar-refractivity contribution in [2.24, 2.45) is 0 Å². The lowest BCUT2D eigenvalue weighted by molar-refractivity contribution is -0.0439. The number of methoxy groups -OCH3 is 1. The number of nitrogens with zero attached hydrogens (tertiary/aromatic N) is 1. The molecule has 5 heteroatoms. The molecule has 1 unspecified atom stereocenters. The molecule has 0 bridgehead atoms. The molecule has 1 aromatic rings. The van der Waals surface area contributed by atoms with Crippen molar-refractivity contribution in [3.8, 4) is 0 Å². The van der Waals surface area contributed by atoms with E-state index in [0.29, 0.717) is 25.2 Å². The van der Waals surface area contributed by atoms with Crippen LogP contribution >= 0.6 is 0 Å². The zero-order valence-electron chi connectivity index (χ0n) is 12.9. The van der Waals surface area contributed by atoms with E-state index in [1.54, 1.807) is 24.1 Å². The summed E-state index contributed by atoms with van der Waals surface area (Å²) in [4.78, 5) is 14.5. The summed E-state index contributed by atoms with van der Waals surface area (Å²) in [5.74, 6) is -0.539. The summed E-state index contributed by atoms with van der Waals surface area (Å²) in [5.41, 5.74) is 0.353. The molecule has 1 aliphatic rings. The first-order valence-electron chi connectivity index (χ1n) is 7.37. The molecule has 0 spiro atoms. The van der Waals surface area contributed by atoms with Crippen molar-refractivity contribution >= 4 is 11.6 Å². The summed E-state index contributed by atoms with van der Waals surface area (Å²) in [7, 11) is 1.67. The fourth-order valence-corrected chi connectivity index (χ4v) is 2.77. The SMILES string of the molecule is CCNc1c(F)cccc1C(=O)N1CCCC(C)(OC)C1. The second kappa shape index (κ2) is 6.43. The van der Waals surface area contributed by atoms with E-state index >= 15 is 0 Å². The van der Waals surface area contributed by atoms with E-state index in [1.165, 1.54) is 6.07 Å². The standard InChI is InChI=1S/C16H23FN2O2/c1-4-18-14-12(7-5-8-13(14)17)15(20)19-10-6-9-16(2,11-19)21-3/h5,7-8,18H,4,6,9-11H2,1-3H3. The van der Waals surface area contributed by atoms with Crippen LogP contribution in [0.3, 0.4) is 0 Å². The van der Waals surface area contributed by atoms with Crippen LogP contribution in [0.5, 0.6) is 0 Å². The maximum Gasteiger partial charge on any atom is 0.256 e. The van der Waals surface area contributed by atoms with Gasteiger partial charge in [0.2, 0.25) is 0 Å². The topological polar surface area (TPSA) is 41.6 Å². The number of amides is 1. The van der Waals surface area contributed by atoms with Gasteiger partial charge in [-0.15, -0.1) is 0 Å². The molecule has 1 saturated heterocycles. The number of anilines is 1. The molecule has 21 heavy (non-hydrogen) atoms. The van der Waals surface area contributed by atoms with E-state index < -0.39 is 5.82 Å². The summed E-state index contributed by atoms with van der Waals surface area (Å²) in [6.45, 7) is 5.66. The molecule has 0 radical (unpaired) electrons. The Morgan fingerprint density at radius 1 is 1.52 bits per heavy atom. The van der Waals surface area contributed by atoms with E-state index in [-0.39, 0.29) is 17.2 Å². The molecule has 0 saturated carbocycles. The third-order valence-electron chi connectivity index (χ3n) is 4.04. The van der Waals surface area contributed by atoms with Crippen molar-refractivity contribution in [3.63, 3.8) is 0 Å². The Hall–Kier alpha value is -1.62. The Kier molecular flexibility index (Phi) is 4.83. The first-order chi connectivity index (χ1) is 10.0. The average molecular weight is 294 g/mol. The summed E-state index contributed by atoms with van der Waals surface area (Å²) in [5, 5.41) is 2.95. The molecular weight excluding hydrogens is 271 g/mol. The molecule has 1 amide bonds. The normalized spacial score (nSPS) is 22.2. The molecular formula is C16H23FN2O2. The molecule has 1 N–H and O–H groups in total. The molecule has 116 valence electrons. The van der Waals surface area contributed by atoms with E-state index in [9.17, 15) is 9.18 Å². The Morgan fingerprint density at radius 3 is 2.95 bits per heavy atom. The van der Waals surface area contributed by atoms with Gasteiger partial charge in [-0.3, -0.25) is 4.79 Å².